The summed E-state index contributed by atoms with van der Waals surface area (Å²) in [7, 11) is -4.56. The predicted molar refractivity (Wildman–Crippen MR) is 123 cm³/mol. The van der Waals surface area contributed by atoms with Gasteiger partial charge in [-0.05, 0) is 56.1 Å². The summed E-state index contributed by atoms with van der Waals surface area (Å²) in [6.07, 6.45) is 0.148. The second-order valence-electron chi connectivity index (χ2n) is 8.56. The molecule has 34 heavy (non-hydrogen) atoms. The third-order valence-corrected chi connectivity index (χ3v) is 7.40. The van der Waals surface area contributed by atoms with Crippen molar-refractivity contribution in [2.75, 3.05) is 13.1 Å². The van der Waals surface area contributed by atoms with Crippen molar-refractivity contribution in [3.05, 3.63) is 65.2 Å². The van der Waals surface area contributed by atoms with Crippen LogP contribution >= 0.6 is 0 Å². The van der Waals surface area contributed by atoms with Crippen molar-refractivity contribution >= 4 is 15.9 Å². The van der Waals surface area contributed by atoms with Gasteiger partial charge in [0.05, 0.1) is 16.5 Å². The standard InChI is InChI=1S/C24H30F3N3O3S/c1-18(29-34(32,33)22-9-5-4-8-21(22)24(25,26)27)23(31)28-16-19-10-12-20(13-11-19)17-30-14-6-2-3-7-15-30/h4-5,8-13,18,29H,2-3,6-7,14-17H2,1H3,(H,28,31)/t18-/m0/s1. The van der Waals surface area contributed by atoms with Crippen LogP contribution in [0.5, 0.6) is 0 Å². The van der Waals surface area contributed by atoms with Crippen molar-refractivity contribution in [1.82, 2.24) is 14.9 Å². The van der Waals surface area contributed by atoms with Gasteiger partial charge in [-0.1, -0.05) is 49.2 Å². The van der Waals surface area contributed by atoms with Crippen LogP contribution in [-0.2, 0) is 34.1 Å². The summed E-state index contributed by atoms with van der Waals surface area (Å²) in [5.41, 5.74) is 0.738. The molecule has 1 saturated heterocycles. The first-order chi connectivity index (χ1) is 16.1. The lowest BCUT2D eigenvalue weighted by atomic mass is 10.1. The highest BCUT2D eigenvalue weighted by Crippen LogP contribution is 2.33. The van der Waals surface area contributed by atoms with Gasteiger partial charge in [0.15, 0.2) is 0 Å². The van der Waals surface area contributed by atoms with Crippen LogP contribution in [0.4, 0.5) is 13.2 Å². The van der Waals surface area contributed by atoms with Gasteiger partial charge in [-0.25, -0.2) is 8.42 Å². The van der Waals surface area contributed by atoms with Gasteiger partial charge >= 0.3 is 6.18 Å². The van der Waals surface area contributed by atoms with Gasteiger partial charge in [0.1, 0.15) is 0 Å². The van der Waals surface area contributed by atoms with E-state index in [1.165, 1.54) is 44.2 Å². The number of sulfonamides is 1. The van der Waals surface area contributed by atoms with Gasteiger partial charge < -0.3 is 5.32 Å². The van der Waals surface area contributed by atoms with Gasteiger partial charge in [-0.2, -0.15) is 17.9 Å². The van der Waals surface area contributed by atoms with E-state index >= 15 is 0 Å². The van der Waals surface area contributed by atoms with Crippen LogP contribution in [0, 0.1) is 0 Å². The van der Waals surface area contributed by atoms with Crippen LogP contribution in [0.3, 0.4) is 0 Å². The quantitative estimate of drug-likeness (QED) is 0.577. The zero-order valence-electron chi connectivity index (χ0n) is 19.1. The fourth-order valence-corrected chi connectivity index (χ4v) is 5.37. The zero-order valence-corrected chi connectivity index (χ0v) is 19.9. The van der Waals surface area contributed by atoms with Crippen molar-refractivity contribution in [3.63, 3.8) is 0 Å². The van der Waals surface area contributed by atoms with Crippen molar-refractivity contribution in [3.8, 4) is 0 Å². The zero-order chi connectivity index (χ0) is 24.8. The van der Waals surface area contributed by atoms with Crippen LogP contribution in [0.25, 0.3) is 0 Å². The van der Waals surface area contributed by atoms with E-state index in [2.05, 4.69) is 10.2 Å². The molecule has 186 valence electrons. The molecule has 0 saturated carbocycles. The number of amides is 1. The van der Waals surface area contributed by atoms with E-state index in [0.29, 0.717) is 6.07 Å². The third kappa shape index (κ3) is 7.28. The minimum atomic E-state index is -4.84. The average Bonchev–Trinajstić information content (AvgIpc) is 3.06. The number of likely N-dealkylation sites (tertiary alicyclic amines) is 1. The van der Waals surface area contributed by atoms with Crippen molar-refractivity contribution in [1.29, 1.82) is 0 Å². The number of carbonyl (C=O) groups is 1. The third-order valence-electron chi connectivity index (χ3n) is 5.80. The monoisotopic (exact) mass is 497 g/mol. The molecule has 1 heterocycles. The number of nitrogens with zero attached hydrogens (tertiary/aromatic N) is 1. The Hall–Kier alpha value is -2.43. The second kappa shape index (κ2) is 11.3. The van der Waals surface area contributed by atoms with Crippen molar-refractivity contribution < 1.29 is 26.4 Å². The number of rotatable bonds is 8. The molecule has 2 aromatic carbocycles. The van der Waals surface area contributed by atoms with Gasteiger partial charge in [0.25, 0.3) is 0 Å². The Balaban J connectivity index is 1.55. The number of nitrogens with one attached hydrogen (secondary N) is 2. The Morgan fingerprint density at radius 1 is 0.971 bits per heavy atom. The van der Waals surface area contributed by atoms with Crippen molar-refractivity contribution in [2.45, 2.75) is 62.8 Å². The molecule has 0 bridgehead atoms. The maximum Gasteiger partial charge on any atom is 0.417 e. The normalized spacial score (nSPS) is 16.6. The minimum Gasteiger partial charge on any atom is -0.351 e. The van der Waals surface area contributed by atoms with E-state index in [1.54, 1.807) is 0 Å². The molecule has 0 radical (unpaired) electrons. The second-order valence-corrected chi connectivity index (χ2v) is 10.2. The molecule has 10 heteroatoms. The Morgan fingerprint density at radius 3 is 2.18 bits per heavy atom. The lowest BCUT2D eigenvalue weighted by Gasteiger charge is -2.20. The summed E-state index contributed by atoms with van der Waals surface area (Å²) in [6.45, 7) is 4.53. The summed E-state index contributed by atoms with van der Waals surface area (Å²) < 4.78 is 66.6. The largest absolute Gasteiger partial charge is 0.417 e. The summed E-state index contributed by atoms with van der Waals surface area (Å²) in [5.74, 6) is -0.637. The van der Waals surface area contributed by atoms with E-state index in [1.807, 2.05) is 29.0 Å². The number of halogens is 3. The molecule has 1 amide bonds. The Morgan fingerprint density at radius 2 is 1.56 bits per heavy atom. The number of benzene rings is 2. The fourth-order valence-electron chi connectivity index (χ4n) is 3.94. The molecule has 1 fully saturated rings. The molecule has 1 aliphatic rings. The summed E-state index contributed by atoms with van der Waals surface area (Å²) >= 11 is 0. The van der Waals surface area contributed by atoms with E-state index in [0.717, 1.165) is 37.3 Å². The van der Waals surface area contributed by atoms with Crippen LogP contribution < -0.4 is 10.0 Å². The lowest BCUT2D eigenvalue weighted by molar-refractivity contribution is -0.139. The molecule has 6 nitrogen and oxygen atoms in total. The molecule has 2 aromatic rings. The molecular formula is C24H30F3N3O3S. The highest BCUT2D eigenvalue weighted by molar-refractivity contribution is 7.89. The molecule has 0 unspecified atom stereocenters. The Bertz CT molecular complexity index is 1060. The molecule has 0 spiro atoms. The summed E-state index contributed by atoms with van der Waals surface area (Å²) in [5, 5.41) is 2.63. The first-order valence-corrected chi connectivity index (χ1v) is 12.8. The number of carbonyl (C=O) groups excluding carboxylic acids is 1. The summed E-state index contributed by atoms with van der Waals surface area (Å²) in [4.78, 5) is 13.9. The van der Waals surface area contributed by atoms with Crippen LogP contribution in [0.2, 0.25) is 0 Å². The molecular weight excluding hydrogens is 467 g/mol. The molecule has 3 rings (SSSR count). The number of hydrogen-bond acceptors (Lipinski definition) is 4. The summed E-state index contributed by atoms with van der Waals surface area (Å²) in [6, 6.07) is 10.4. The lowest BCUT2D eigenvalue weighted by Crippen LogP contribution is -2.44. The molecule has 2 N–H and O–H groups in total. The minimum absolute atomic E-state index is 0.175. The van der Waals surface area contributed by atoms with Crippen molar-refractivity contribution in [2.24, 2.45) is 0 Å². The molecule has 1 aliphatic heterocycles. The smallest absolute Gasteiger partial charge is 0.351 e. The first-order valence-electron chi connectivity index (χ1n) is 11.3. The highest BCUT2D eigenvalue weighted by atomic mass is 32.2. The Kier molecular flexibility index (Phi) is 8.72. The van der Waals surface area contributed by atoms with Gasteiger partial charge in [0.2, 0.25) is 15.9 Å². The SMILES string of the molecule is C[C@H](NS(=O)(=O)c1ccccc1C(F)(F)F)C(=O)NCc1ccc(CN2CCCCCC2)cc1. The van der Waals surface area contributed by atoms with E-state index in [4.69, 9.17) is 0 Å². The van der Waals surface area contributed by atoms with Crippen LogP contribution in [0.1, 0.15) is 49.3 Å². The fraction of sp³-hybridized carbons (Fsp3) is 0.458. The molecule has 1 atom stereocenters. The first kappa shape index (κ1) is 26.2. The van der Waals surface area contributed by atoms with Gasteiger partial charge in [0, 0.05) is 13.1 Å². The predicted octanol–water partition coefficient (Wildman–Crippen LogP) is 4.06. The topological polar surface area (TPSA) is 78.5 Å². The number of alkyl halides is 3. The highest BCUT2D eigenvalue weighted by Gasteiger charge is 2.37. The maximum absolute atomic E-state index is 13.2. The van der Waals surface area contributed by atoms with Gasteiger partial charge in [-0.15, -0.1) is 0 Å². The van der Waals surface area contributed by atoms with E-state index in [-0.39, 0.29) is 6.54 Å². The van der Waals surface area contributed by atoms with Gasteiger partial charge in [-0.3, -0.25) is 9.69 Å². The van der Waals surface area contributed by atoms with Crippen LogP contribution in [0.15, 0.2) is 53.4 Å². The Labute approximate surface area is 198 Å². The maximum atomic E-state index is 13.2. The number of hydrogen-bond donors (Lipinski definition) is 2. The van der Waals surface area contributed by atoms with Crippen LogP contribution in [-0.4, -0.2) is 38.4 Å². The molecule has 0 aliphatic carbocycles. The van der Waals surface area contributed by atoms with E-state index < -0.39 is 38.6 Å². The molecule has 0 aromatic heterocycles. The average molecular weight is 498 g/mol. The van der Waals surface area contributed by atoms with E-state index in [9.17, 15) is 26.4 Å².